The number of thiophene rings is 1. The van der Waals surface area contributed by atoms with Crippen LogP contribution in [0.2, 0.25) is 0 Å². The average Bonchev–Trinajstić information content (AvgIpc) is 3.53. The Morgan fingerprint density at radius 2 is 1.88 bits per heavy atom. The first-order valence-electron chi connectivity index (χ1n) is 10.2. The van der Waals surface area contributed by atoms with E-state index in [-0.39, 0.29) is 11.4 Å². The fraction of sp³-hybridized carbons (Fsp3) is 0.130. The Labute approximate surface area is 198 Å². The number of ether oxygens (including phenoxy) is 2. The Balaban J connectivity index is 1.53. The van der Waals surface area contributed by atoms with Crippen molar-refractivity contribution in [3.05, 3.63) is 77.2 Å². The molecule has 0 aliphatic carbocycles. The predicted molar refractivity (Wildman–Crippen MR) is 124 cm³/mol. The van der Waals surface area contributed by atoms with E-state index in [1.54, 1.807) is 18.2 Å². The third kappa shape index (κ3) is 4.89. The minimum Gasteiger partial charge on any atom is -0.493 e. The quantitative estimate of drug-likeness (QED) is 0.391. The van der Waals surface area contributed by atoms with E-state index in [0.29, 0.717) is 29.6 Å². The van der Waals surface area contributed by atoms with Crippen molar-refractivity contribution in [3.8, 4) is 27.9 Å². The molecule has 4 rings (SSSR count). The van der Waals surface area contributed by atoms with Crippen molar-refractivity contribution in [2.24, 2.45) is 0 Å². The lowest BCUT2D eigenvalue weighted by Gasteiger charge is -2.11. The van der Waals surface area contributed by atoms with Crippen molar-refractivity contribution in [2.45, 2.75) is 6.92 Å². The van der Waals surface area contributed by atoms with Gasteiger partial charge in [-0.15, -0.1) is 16.4 Å². The van der Waals surface area contributed by atoms with Crippen molar-refractivity contribution in [2.75, 3.05) is 13.7 Å². The van der Waals surface area contributed by atoms with Crippen LogP contribution >= 0.6 is 11.3 Å². The summed E-state index contributed by atoms with van der Waals surface area (Å²) in [6, 6.07) is 14.1. The Kier molecular flexibility index (Phi) is 6.83. The first-order valence-corrected chi connectivity index (χ1v) is 11.1. The molecule has 2 aromatic heterocycles. The van der Waals surface area contributed by atoms with E-state index in [1.807, 2.05) is 24.4 Å². The number of hydrazine groups is 1. The van der Waals surface area contributed by atoms with E-state index in [1.165, 1.54) is 47.4 Å². The Bertz CT molecular complexity index is 1320. The predicted octanol–water partition coefficient (Wildman–Crippen LogP) is 3.62. The topological polar surface area (TPSA) is 107 Å². The molecule has 0 fully saturated rings. The van der Waals surface area contributed by atoms with Gasteiger partial charge in [-0.3, -0.25) is 20.4 Å². The highest BCUT2D eigenvalue weighted by Gasteiger charge is 2.20. The summed E-state index contributed by atoms with van der Waals surface area (Å²) >= 11 is 1.40. The summed E-state index contributed by atoms with van der Waals surface area (Å²) in [6.45, 7) is 2.28. The van der Waals surface area contributed by atoms with E-state index in [2.05, 4.69) is 20.9 Å². The summed E-state index contributed by atoms with van der Waals surface area (Å²) < 4.78 is 25.8. The third-order valence-corrected chi connectivity index (χ3v) is 5.49. The minimum absolute atomic E-state index is 0.197. The van der Waals surface area contributed by atoms with Gasteiger partial charge in [-0.05, 0) is 54.8 Å². The van der Waals surface area contributed by atoms with Gasteiger partial charge in [-0.1, -0.05) is 12.1 Å². The van der Waals surface area contributed by atoms with Gasteiger partial charge in [0.1, 0.15) is 5.82 Å². The van der Waals surface area contributed by atoms with Gasteiger partial charge in [-0.25, -0.2) is 14.1 Å². The lowest BCUT2D eigenvalue weighted by molar-refractivity contribution is 0.0841. The first-order chi connectivity index (χ1) is 16.5. The molecule has 0 aliphatic rings. The molecule has 0 saturated heterocycles. The second kappa shape index (κ2) is 10.1. The van der Waals surface area contributed by atoms with Gasteiger partial charge in [0, 0.05) is 5.56 Å². The van der Waals surface area contributed by atoms with Crippen LogP contribution in [0, 0.1) is 5.82 Å². The molecule has 2 heterocycles. The molecule has 34 heavy (non-hydrogen) atoms. The molecule has 11 heteroatoms. The van der Waals surface area contributed by atoms with E-state index in [9.17, 15) is 14.0 Å². The first kappa shape index (κ1) is 22.9. The smallest absolute Gasteiger partial charge is 0.309 e. The Hall–Kier alpha value is -4.25. The molecule has 9 nitrogen and oxygen atoms in total. The Morgan fingerprint density at radius 1 is 1.06 bits per heavy atom. The Morgan fingerprint density at radius 3 is 2.59 bits per heavy atom. The largest absolute Gasteiger partial charge is 0.493 e. The zero-order valence-corrected chi connectivity index (χ0v) is 19.1. The highest BCUT2D eigenvalue weighted by atomic mass is 32.1. The molecule has 2 amide bonds. The summed E-state index contributed by atoms with van der Waals surface area (Å²) in [4.78, 5) is 30.3. The molecule has 0 saturated carbocycles. The van der Waals surface area contributed by atoms with Gasteiger partial charge in [0.25, 0.3) is 5.91 Å². The highest BCUT2D eigenvalue weighted by molar-refractivity contribution is 7.13. The number of amides is 2. The normalized spacial score (nSPS) is 10.6. The molecule has 2 aromatic carbocycles. The molecule has 174 valence electrons. The third-order valence-electron chi connectivity index (χ3n) is 4.62. The molecule has 0 atom stereocenters. The number of methoxy groups -OCH3 is 1. The van der Waals surface area contributed by atoms with Crippen molar-refractivity contribution < 1.29 is 23.5 Å². The summed E-state index contributed by atoms with van der Waals surface area (Å²) in [5.41, 5.74) is 5.29. The summed E-state index contributed by atoms with van der Waals surface area (Å²) in [5.74, 6) is -0.701. The van der Waals surface area contributed by atoms with Crippen LogP contribution in [-0.2, 0) is 0 Å². The fourth-order valence-electron chi connectivity index (χ4n) is 3.09. The van der Waals surface area contributed by atoms with Crippen LogP contribution in [0.4, 0.5) is 4.39 Å². The molecular weight excluding hydrogens is 461 g/mol. The van der Waals surface area contributed by atoms with E-state index < -0.39 is 17.6 Å². The molecule has 0 unspecified atom stereocenters. The number of rotatable bonds is 7. The SMILES string of the molecule is CCOc1ccc(C(=O)NNC(=O)c2nc(-c3cccs3)n(-c3cccc(F)c3)n2)cc1OC. The van der Waals surface area contributed by atoms with Crippen LogP contribution in [0.15, 0.2) is 60.0 Å². The zero-order chi connectivity index (χ0) is 24.1. The molecule has 0 spiro atoms. The summed E-state index contributed by atoms with van der Waals surface area (Å²) in [5, 5.41) is 6.09. The molecule has 0 bridgehead atoms. The maximum absolute atomic E-state index is 13.8. The number of nitrogens with zero attached hydrogens (tertiary/aromatic N) is 3. The fourth-order valence-corrected chi connectivity index (χ4v) is 3.79. The summed E-state index contributed by atoms with van der Waals surface area (Å²) in [6.07, 6.45) is 0. The zero-order valence-electron chi connectivity index (χ0n) is 18.2. The van der Waals surface area contributed by atoms with Crippen molar-refractivity contribution in [1.29, 1.82) is 0 Å². The minimum atomic E-state index is -0.737. The number of halogens is 1. The molecule has 0 radical (unpaired) electrons. The van der Waals surface area contributed by atoms with Crippen LogP contribution in [0.3, 0.4) is 0 Å². The average molecular weight is 482 g/mol. The van der Waals surface area contributed by atoms with Crippen molar-refractivity contribution >= 4 is 23.2 Å². The molecule has 0 aliphatic heterocycles. The number of hydrogen-bond donors (Lipinski definition) is 2. The van der Waals surface area contributed by atoms with Crippen molar-refractivity contribution in [1.82, 2.24) is 25.6 Å². The summed E-state index contributed by atoms with van der Waals surface area (Å²) in [7, 11) is 1.47. The highest BCUT2D eigenvalue weighted by Crippen LogP contribution is 2.28. The number of hydrogen-bond acceptors (Lipinski definition) is 7. The van der Waals surface area contributed by atoms with Crippen LogP contribution < -0.4 is 20.3 Å². The molecular formula is C23H20FN5O4S. The van der Waals surface area contributed by atoms with Crippen molar-refractivity contribution in [3.63, 3.8) is 0 Å². The number of benzene rings is 2. The van der Waals surface area contributed by atoms with Crippen LogP contribution in [0.1, 0.15) is 27.9 Å². The maximum Gasteiger partial charge on any atom is 0.309 e. The number of carbonyl (C=O) groups excluding carboxylic acids is 2. The molecule has 4 aromatic rings. The maximum atomic E-state index is 13.8. The van der Waals surface area contributed by atoms with Crippen LogP contribution in [0.5, 0.6) is 11.5 Å². The van der Waals surface area contributed by atoms with Gasteiger partial charge in [0.2, 0.25) is 5.82 Å². The molecule has 2 N–H and O–H groups in total. The van der Waals surface area contributed by atoms with Gasteiger partial charge in [0.15, 0.2) is 17.3 Å². The monoisotopic (exact) mass is 481 g/mol. The van der Waals surface area contributed by atoms with Gasteiger partial charge in [-0.2, -0.15) is 0 Å². The standard InChI is InChI=1S/C23H20FN5O4S/c1-3-33-17-10-9-14(12-18(17)32-2)22(30)26-27-23(31)20-25-21(19-8-5-11-34-19)29(28-20)16-7-4-6-15(24)13-16/h4-13H,3H2,1-2H3,(H,26,30)(H,27,31). The van der Waals surface area contributed by atoms with Gasteiger partial charge >= 0.3 is 5.91 Å². The van der Waals surface area contributed by atoms with Crippen LogP contribution in [-0.4, -0.2) is 40.3 Å². The van der Waals surface area contributed by atoms with E-state index >= 15 is 0 Å². The number of nitrogens with one attached hydrogen (secondary N) is 2. The van der Waals surface area contributed by atoms with Crippen LogP contribution in [0.25, 0.3) is 16.4 Å². The second-order valence-electron chi connectivity index (χ2n) is 6.83. The van der Waals surface area contributed by atoms with E-state index in [4.69, 9.17) is 9.47 Å². The number of carbonyl (C=O) groups is 2. The number of aromatic nitrogens is 3. The second-order valence-corrected chi connectivity index (χ2v) is 7.78. The van der Waals surface area contributed by atoms with E-state index in [0.717, 1.165) is 4.88 Å². The van der Waals surface area contributed by atoms with Gasteiger partial charge < -0.3 is 9.47 Å². The lowest BCUT2D eigenvalue weighted by atomic mass is 10.2. The van der Waals surface area contributed by atoms with Gasteiger partial charge in [0.05, 0.1) is 24.3 Å². The lowest BCUT2D eigenvalue weighted by Crippen LogP contribution is -2.42.